The number of anilines is 2. The maximum atomic E-state index is 11.9. The van der Waals surface area contributed by atoms with Crippen molar-refractivity contribution in [3.8, 4) is 11.5 Å². The number of hydrogen-bond donors (Lipinski definition) is 2. The highest BCUT2D eigenvalue weighted by atomic mass is 35.5. The van der Waals surface area contributed by atoms with Crippen LogP contribution in [0.15, 0.2) is 60.9 Å². The average molecular weight is 447 g/mol. The van der Waals surface area contributed by atoms with Crippen LogP contribution in [-0.4, -0.2) is 35.0 Å². The largest absolute Gasteiger partial charge is 0.484 e. The number of aromatic nitrogens is 2. The molecule has 1 aromatic heterocycles. The number of carbonyl (C=O) groups excluding carboxylic acids is 2. The van der Waals surface area contributed by atoms with Crippen LogP contribution < -0.4 is 20.1 Å². The lowest BCUT2D eigenvalue weighted by atomic mass is 10.3. The summed E-state index contributed by atoms with van der Waals surface area (Å²) in [6.45, 7) is -0.409. The van der Waals surface area contributed by atoms with Gasteiger partial charge in [0.25, 0.3) is 11.8 Å². The van der Waals surface area contributed by atoms with Gasteiger partial charge in [0.15, 0.2) is 13.2 Å². The van der Waals surface area contributed by atoms with Crippen LogP contribution in [0.25, 0.3) is 0 Å². The van der Waals surface area contributed by atoms with E-state index in [4.69, 9.17) is 32.7 Å². The number of rotatable bonds is 8. The van der Waals surface area contributed by atoms with Crippen LogP contribution in [0.4, 0.5) is 11.6 Å². The molecule has 2 aromatic carbocycles. The van der Waals surface area contributed by atoms with E-state index in [0.29, 0.717) is 27.2 Å². The van der Waals surface area contributed by atoms with Gasteiger partial charge in [0, 0.05) is 10.0 Å². The molecular formula is C20H16Cl2N4O4. The Morgan fingerprint density at radius 2 is 1.17 bits per heavy atom. The lowest BCUT2D eigenvalue weighted by Crippen LogP contribution is -2.22. The minimum Gasteiger partial charge on any atom is -0.484 e. The van der Waals surface area contributed by atoms with Crippen molar-refractivity contribution in [1.29, 1.82) is 0 Å². The molecule has 0 aliphatic heterocycles. The van der Waals surface area contributed by atoms with Crippen molar-refractivity contribution in [2.75, 3.05) is 23.8 Å². The molecule has 0 bridgehead atoms. The predicted molar refractivity (Wildman–Crippen MR) is 113 cm³/mol. The van der Waals surface area contributed by atoms with Crippen LogP contribution in [-0.2, 0) is 9.59 Å². The number of nitrogens with zero attached hydrogens (tertiary/aromatic N) is 2. The summed E-state index contributed by atoms with van der Waals surface area (Å²) in [5.74, 6) is 0.286. The highest BCUT2D eigenvalue weighted by Crippen LogP contribution is 2.16. The van der Waals surface area contributed by atoms with E-state index in [-0.39, 0.29) is 25.1 Å². The van der Waals surface area contributed by atoms with Crippen molar-refractivity contribution in [2.45, 2.75) is 0 Å². The van der Waals surface area contributed by atoms with Gasteiger partial charge in [0.1, 0.15) is 11.5 Å². The molecule has 2 N–H and O–H groups in total. The maximum Gasteiger partial charge on any atom is 0.264 e. The van der Waals surface area contributed by atoms with E-state index in [9.17, 15) is 9.59 Å². The van der Waals surface area contributed by atoms with Crippen LogP contribution in [0, 0.1) is 0 Å². The van der Waals surface area contributed by atoms with Crippen molar-refractivity contribution in [2.24, 2.45) is 0 Å². The van der Waals surface area contributed by atoms with Crippen molar-refractivity contribution in [3.63, 3.8) is 0 Å². The smallest absolute Gasteiger partial charge is 0.264 e. The summed E-state index contributed by atoms with van der Waals surface area (Å²) in [5, 5.41) is 6.24. The zero-order valence-corrected chi connectivity index (χ0v) is 17.0. The minimum absolute atomic E-state index is 0.0788. The number of halogens is 2. The summed E-state index contributed by atoms with van der Waals surface area (Å²) in [6.07, 6.45) is 2.73. The molecule has 2 amide bonds. The number of ether oxygens (including phenoxy) is 2. The van der Waals surface area contributed by atoms with Gasteiger partial charge in [-0.1, -0.05) is 23.2 Å². The molecule has 0 atom stereocenters. The first-order valence-corrected chi connectivity index (χ1v) is 9.42. The Morgan fingerprint density at radius 1 is 0.733 bits per heavy atom. The molecule has 3 rings (SSSR count). The number of benzene rings is 2. The van der Waals surface area contributed by atoms with Crippen LogP contribution in [0.2, 0.25) is 10.0 Å². The monoisotopic (exact) mass is 446 g/mol. The summed E-state index contributed by atoms with van der Waals surface area (Å²) in [6, 6.07) is 13.3. The normalized spacial score (nSPS) is 10.2. The molecule has 0 spiro atoms. The molecule has 8 nitrogen and oxygen atoms in total. The molecule has 1 heterocycles. The van der Waals surface area contributed by atoms with Gasteiger partial charge in [-0.05, 0) is 48.5 Å². The Balaban J connectivity index is 1.42. The second-order valence-electron chi connectivity index (χ2n) is 5.88. The Morgan fingerprint density at radius 3 is 1.63 bits per heavy atom. The van der Waals surface area contributed by atoms with E-state index in [1.807, 2.05) is 0 Å². The molecule has 0 aliphatic carbocycles. The van der Waals surface area contributed by atoms with E-state index >= 15 is 0 Å². The van der Waals surface area contributed by atoms with Crippen molar-refractivity contribution in [3.05, 3.63) is 71.0 Å². The molecule has 0 fully saturated rings. The quantitative estimate of drug-likeness (QED) is 0.545. The van der Waals surface area contributed by atoms with Gasteiger partial charge in [-0.25, -0.2) is 9.97 Å². The van der Waals surface area contributed by atoms with Crippen LogP contribution in [0.5, 0.6) is 11.5 Å². The zero-order valence-electron chi connectivity index (χ0n) is 15.5. The van der Waals surface area contributed by atoms with E-state index in [1.165, 1.54) is 12.4 Å². The molecule has 0 radical (unpaired) electrons. The zero-order chi connectivity index (χ0) is 21.3. The minimum atomic E-state index is -0.432. The fraction of sp³-hybridized carbons (Fsp3) is 0.100. The fourth-order valence-corrected chi connectivity index (χ4v) is 2.43. The van der Waals surface area contributed by atoms with Gasteiger partial charge < -0.3 is 14.8 Å². The maximum absolute atomic E-state index is 11.9. The fourth-order valence-electron chi connectivity index (χ4n) is 2.17. The summed E-state index contributed by atoms with van der Waals surface area (Å²) < 4.78 is 10.7. The molecular weight excluding hydrogens is 431 g/mol. The van der Waals surface area contributed by atoms with Crippen molar-refractivity contribution < 1.29 is 19.1 Å². The Labute approximate surface area is 182 Å². The molecule has 0 unspecified atom stereocenters. The molecule has 30 heavy (non-hydrogen) atoms. The van der Waals surface area contributed by atoms with Gasteiger partial charge in [-0.2, -0.15) is 0 Å². The second-order valence-corrected chi connectivity index (χ2v) is 6.75. The molecule has 0 saturated carbocycles. The summed E-state index contributed by atoms with van der Waals surface area (Å²) in [4.78, 5) is 31.8. The van der Waals surface area contributed by atoms with Crippen molar-refractivity contribution >= 4 is 46.7 Å². The molecule has 10 heteroatoms. The molecule has 0 saturated heterocycles. The number of carbonyl (C=O) groups is 2. The van der Waals surface area contributed by atoms with E-state index < -0.39 is 5.91 Å². The first kappa shape index (κ1) is 21.4. The molecule has 3 aromatic rings. The summed E-state index contributed by atoms with van der Waals surface area (Å²) in [5.41, 5.74) is 0.357. The standard InChI is InChI=1S/C20H16Cl2N4O4/c21-13-1-5-16(6-2-13)29-11-18(27)25-15-9-23-20(24-10-15)26-19(28)12-30-17-7-3-14(22)4-8-17/h1-10H,11-12H2,(H,25,27)(H,23,24,26,28). The highest BCUT2D eigenvalue weighted by molar-refractivity contribution is 6.30. The second kappa shape index (κ2) is 10.4. The topological polar surface area (TPSA) is 102 Å². The number of amides is 2. The Kier molecular flexibility index (Phi) is 7.42. The first-order chi connectivity index (χ1) is 14.5. The SMILES string of the molecule is O=C(COc1ccc(Cl)cc1)Nc1cnc(NC(=O)COc2ccc(Cl)cc2)nc1. The summed E-state index contributed by atoms with van der Waals surface area (Å²) >= 11 is 11.6. The van der Waals surface area contributed by atoms with Crippen LogP contribution >= 0.6 is 23.2 Å². The Hall–Kier alpha value is -3.36. The van der Waals surface area contributed by atoms with Gasteiger partial charge in [-0.3, -0.25) is 14.9 Å². The van der Waals surface area contributed by atoms with E-state index in [2.05, 4.69) is 20.6 Å². The van der Waals surface area contributed by atoms with E-state index in [0.717, 1.165) is 0 Å². The third-order valence-corrected chi connectivity index (χ3v) is 4.06. The van der Waals surface area contributed by atoms with Gasteiger partial charge in [0.05, 0.1) is 18.1 Å². The number of nitrogens with one attached hydrogen (secondary N) is 2. The predicted octanol–water partition coefficient (Wildman–Crippen LogP) is 3.82. The van der Waals surface area contributed by atoms with Gasteiger partial charge in [0.2, 0.25) is 5.95 Å². The summed E-state index contributed by atoms with van der Waals surface area (Å²) in [7, 11) is 0. The Bertz CT molecular complexity index is 914. The van der Waals surface area contributed by atoms with Gasteiger partial charge >= 0.3 is 0 Å². The first-order valence-electron chi connectivity index (χ1n) is 8.66. The van der Waals surface area contributed by atoms with E-state index in [1.54, 1.807) is 48.5 Å². The molecule has 154 valence electrons. The number of hydrogen-bond acceptors (Lipinski definition) is 6. The third-order valence-electron chi connectivity index (χ3n) is 3.55. The highest BCUT2D eigenvalue weighted by Gasteiger charge is 2.08. The van der Waals surface area contributed by atoms with Crippen molar-refractivity contribution in [1.82, 2.24) is 9.97 Å². The van der Waals surface area contributed by atoms with Crippen LogP contribution in [0.1, 0.15) is 0 Å². The lowest BCUT2D eigenvalue weighted by molar-refractivity contribution is -0.118. The van der Waals surface area contributed by atoms with Gasteiger partial charge in [-0.15, -0.1) is 0 Å². The lowest BCUT2D eigenvalue weighted by Gasteiger charge is -2.08. The molecule has 0 aliphatic rings. The third kappa shape index (κ3) is 6.91. The average Bonchev–Trinajstić information content (AvgIpc) is 2.74. The van der Waals surface area contributed by atoms with Crippen LogP contribution in [0.3, 0.4) is 0 Å².